The van der Waals surface area contributed by atoms with Crippen molar-refractivity contribution >= 4 is 17.4 Å². The van der Waals surface area contributed by atoms with Crippen LogP contribution in [-0.4, -0.2) is 18.1 Å². The molecule has 0 saturated carbocycles. The van der Waals surface area contributed by atoms with E-state index in [0.29, 0.717) is 5.88 Å². The highest BCUT2D eigenvalue weighted by Gasteiger charge is 2.16. The summed E-state index contributed by atoms with van der Waals surface area (Å²) in [4.78, 5) is 7.01. The van der Waals surface area contributed by atoms with Gasteiger partial charge in [0.25, 0.3) is 0 Å². The molecular weight excluding hydrogens is 268 g/mol. The van der Waals surface area contributed by atoms with E-state index < -0.39 is 0 Å². The van der Waals surface area contributed by atoms with Crippen molar-refractivity contribution < 1.29 is 0 Å². The fourth-order valence-corrected chi connectivity index (χ4v) is 3.06. The number of alkyl halides is 1. The van der Waals surface area contributed by atoms with Crippen molar-refractivity contribution in [2.24, 2.45) is 0 Å². The quantitative estimate of drug-likeness (QED) is 0.782. The molecule has 2 nitrogen and oxygen atoms in total. The van der Waals surface area contributed by atoms with Crippen LogP contribution in [0.2, 0.25) is 0 Å². The molecule has 2 aromatic rings. The van der Waals surface area contributed by atoms with Gasteiger partial charge in [-0.05, 0) is 48.1 Å². The van der Waals surface area contributed by atoms with Gasteiger partial charge in [-0.25, -0.2) is 4.98 Å². The summed E-state index contributed by atoms with van der Waals surface area (Å²) in [6.07, 6.45) is 4.08. The van der Waals surface area contributed by atoms with Crippen LogP contribution in [0.15, 0.2) is 36.5 Å². The second-order valence-electron chi connectivity index (χ2n) is 5.37. The van der Waals surface area contributed by atoms with Crippen LogP contribution in [0.5, 0.6) is 0 Å². The Morgan fingerprint density at radius 1 is 1.15 bits per heavy atom. The molecule has 0 atom stereocenters. The molecule has 1 aliphatic heterocycles. The predicted molar refractivity (Wildman–Crippen MR) is 84.6 cm³/mol. The van der Waals surface area contributed by atoms with Crippen LogP contribution in [0.1, 0.15) is 22.3 Å². The molecule has 20 heavy (non-hydrogen) atoms. The Bertz CT molecular complexity index is 583. The summed E-state index contributed by atoms with van der Waals surface area (Å²) >= 11 is 5.87. The Kier molecular flexibility index (Phi) is 3.93. The number of aryl methyl sites for hydroxylation is 1. The van der Waals surface area contributed by atoms with Crippen LogP contribution in [0.3, 0.4) is 0 Å². The number of anilines is 1. The summed E-state index contributed by atoms with van der Waals surface area (Å²) in [6, 6.07) is 10.9. The van der Waals surface area contributed by atoms with Crippen LogP contribution in [0.25, 0.3) is 0 Å². The molecule has 0 spiro atoms. The van der Waals surface area contributed by atoms with E-state index in [0.717, 1.165) is 37.3 Å². The van der Waals surface area contributed by atoms with E-state index in [2.05, 4.69) is 47.1 Å². The number of fused-ring (bicyclic) bond motifs is 1. The lowest BCUT2D eigenvalue weighted by atomic mass is 10.0. The minimum absolute atomic E-state index is 0.527. The second-order valence-corrected chi connectivity index (χ2v) is 5.64. The van der Waals surface area contributed by atoms with Crippen molar-refractivity contribution in [1.29, 1.82) is 0 Å². The SMILES string of the molecule is Cc1cc(CCl)cnc1N1CCc2ccccc2CC1. The van der Waals surface area contributed by atoms with E-state index in [9.17, 15) is 0 Å². The van der Waals surface area contributed by atoms with Crippen molar-refractivity contribution in [2.45, 2.75) is 25.6 Å². The van der Waals surface area contributed by atoms with Crippen LogP contribution >= 0.6 is 11.6 Å². The van der Waals surface area contributed by atoms with E-state index in [1.165, 1.54) is 16.7 Å². The maximum atomic E-state index is 5.87. The van der Waals surface area contributed by atoms with Crippen molar-refractivity contribution in [1.82, 2.24) is 4.98 Å². The number of hydrogen-bond acceptors (Lipinski definition) is 2. The van der Waals surface area contributed by atoms with E-state index >= 15 is 0 Å². The summed E-state index contributed by atoms with van der Waals surface area (Å²) < 4.78 is 0. The summed E-state index contributed by atoms with van der Waals surface area (Å²) in [5.41, 5.74) is 5.26. The summed E-state index contributed by atoms with van der Waals surface area (Å²) in [5, 5.41) is 0. The van der Waals surface area contributed by atoms with Crippen molar-refractivity contribution in [3.63, 3.8) is 0 Å². The third-order valence-corrected chi connectivity index (χ3v) is 4.29. The van der Waals surface area contributed by atoms with Gasteiger partial charge in [-0.2, -0.15) is 0 Å². The van der Waals surface area contributed by atoms with Gasteiger partial charge in [-0.3, -0.25) is 0 Å². The number of nitrogens with zero attached hydrogens (tertiary/aromatic N) is 2. The summed E-state index contributed by atoms with van der Waals surface area (Å²) in [6.45, 7) is 4.19. The zero-order chi connectivity index (χ0) is 13.9. The van der Waals surface area contributed by atoms with Gasteiger partial charge in [0.1, 0.15) is 5.82 Å². The van der Waals surface area contributed by atoms with Gasteiger partial charge in [0.2, 0.25) is 0 Å². The molecule has 1 aromatic heterocycles. The van der Waals surface area contributed by atoms with Crippen molar-refractivity contribution in [2.75, 3.05) is 18.0 Å². The third kappa shape index (κ3) is 2.66. The normalized spacial score (nSPS) is 14.8. The Hall–Kier alpha value is -1.54. The van der Waals surface area contributed by atoms with Crippen LogP contribution in [0.4, 0.5) is 5.82 Å². The zero-order valence-corrected chi connectivity index (χ0v) is 12.5. The molecule has 0 aliphatic carbocycles. The number of pyridine rings is 1. The van der Waals surface area contributed by atoms with Gasteiger partial charge in [0, 0.05) is 25.2 Å². The predicted octanol–water partition coefficient (Wildman–Crippen LogP) is 3.73. The van der Waals surface area contributed by atoms with E-state index in [-0.39, 0.29) is 0 Å². The monoisotopic (exact) mass is 286 g/mol. The number of hydrogen-bond donors (Lipinski definition) is 0. The highest BCUT2D eigenvalue weighted by molar-refractivity contribution is 6.17. The smallest absolute Gasteiger partial charge is 0.131 e. The number of rotatable bonds is 2. The molecule has 1 aliphatic rings. The lowest BCUT2D eigenvalue weighted by Crippen LogP contribution is -2.27. The molecule has 0 radical (unpaired) electrons. The van der Waals surface area contributed by atoms with Gasteiger partial charge in [-0.1, -0.05) is 24.3 Å². The second kappa shape index (κ2) is 5.84. The van der Waals surface area contributed by atoms with Crippen LogP contribution < -0.4 is 4.90 Å². The van der Waals surface area contributed by atoms with Crippen LogP contribution in [-0.2, 0) is 18.7 Å². The molecule has 0 N–H and O–H groups in total. The highest BCUT2D eigenvalue weighted by Crippen LogP contribution is 2.23. The molecule has 0 fully saturated rings. The molecule has 1 aromatic carbocycles. The van der Waals surface area contributed by atoms with Gasteiger partial charge in [-0.15, -0.1) is 11.6 Å². The first kappa shape index (κ1) is 13.4. The molecule has 3 rings (SSSR count). The van der Waals surface area contributed by atoms with Crippen LogP contribution in [0, 0.1) is 6.92 Å². The maximum absolute atomic E-state index is 5.87. The minimum atomic E-state index is 0.527. The Morgan fingerprint density at radius 2 is 1.80 bits per heavy atom. The fraction of sp³-hybridized carbons (Fsp3) is 0.353. The van der Waals surface area contributed by atoms with Crippen molar-refractivity contribution in [3.05, 3.63) is 58.8 Å². The standard InChI is InChI=1S/C17H19ClN2/c1-13-10-14(11-18)12-19-17(13)20-8-6-15-4-2-3-5-16(15)7-9-20/h2-5,10,12H,6-9,11H2,1H3. The first-order chi connectivity index (χ1) is 9.78. The summed E-state index contributed by atoms with van der Waals surface area (Å²) in [5.74, 6) is 1.63. The zero-order valence-electron chi connectivity index (χ0n) is 11.8. The number of halogens is 1. The average molecular weight is 287 g/mol. The minimum Gasteiger partial charge on any atom is -0.356 e. The molecule has 3 heteroatoms. The number of benzene rings is 1. The molecule has 0 saturated heterocycles. The average Bonchev–Trinajstić information content (AvgIpc) is 2.70. The molecule has 0 amide bonds. The highest BCUT2D eigenvalue weighted by atomic mass is 35.5. The fourth-order valence-electron chi connectivity index (χ4n) is 2.91. The van der Waals surface area contributed by atoms with Crippen molar-refractivity contribution in [3.8, 4) is 0 Å². The van der Waals surface area contributed by atoms with E-state index in [1.54, 1.807) is 0 Å². The maximum Gasteiger partial charge on any atom is 0.131 e. The Morgan fingerprint density at radius 3 is 2.35 bits per heavy atom. The topological polar surface area (TPSA) is 16.1 Å². The summed E-state index contributed by atoms with van der Waals surface area (Å²) in [7, 11) is 0. The van der Waals surface area contributed by atoms with E-state index in [4.69, 9.17) is 11.6 Å². The Labute approximate surface area is 125 Å². The lowest BCUT2D eigenvalue weighted by Gasteiger charge is -2.23. The first-order valence-corrected chi connectivity index (χ1v) is 7.64. The van der Waals surface area contributed by atoms with Gasteiger partial charge in [0.05, 0.1) is 0 Å². The molecule has 104 valence electrons. The van der Waals surface area contributed by atoms with Gasteiger partial charge >= 0.3 is 0 Å². The molecule has 0 unspecified atom stereocenters. The number of aromatic nitrogens is 1. The van der Waals surface area contributed by atoms with E-state index in [1.807, 2.05) is 6.20 Å². The molecule has 2 heterocycles. The third-order valence-electron chi connectivity index (χ3n) is 3.98. The first-order valence-electron chi connectivity index (χ1n) is 7.11. The van der Waals surface area contributed by atoms with Gasteiger partial charge in [0.15, 0.2) is 0 Å². The lowest BCUT2D eigenvalue weighted by molar-refractivity contribution is 0.786. The molecule has 0 bridgehead atoms. The molecular formula is C17H19ClN2. The Balaban J connectivity index is 1.83. The van der Waals surface area contributed by atoms with Gasteiger partial charge < -0.3 is 4.90 Å². The largest absolute Gasteiger partial charge is 0.356 e.